The summed E-state index contributed by atoms with van der Waals surface area (Å²) in [6, 6.07) is 6.29. The molecule has 0 unspecified atom stereocenters. The highest BCUT2D eigenvalue weighted by atomic mass is 35.5. The summed E-state index contributed by atoms with van der Waals surface area (Å²) in [6.07, 6.45) is 4.00. The lowest BCUT2D eigenvalue weighted by Gasteiger charge is -2.33. The quantitative estimate of drug-likeness (QED) is 0.852. The minimum Gasteiger partial charge on any atom is -0.378 e. The smallest absolute Gasteiger partial charge is 0.0642 e. The molecule has 0 saturated carbocycles. The molecule has 0 aliphatic carbocycles. The minimum absolute atomic E-state index is 0.815. The van der Waals surface area contributed by atoms with E-state index in [2.05, 4.69) is 21.9 Å². The number of anilines is 1. The van der Waals surface area contributed by atoms with E-state index < -0.39 is 0 Å². The van der Waals surface area contributed by atoms with Gasteiger partial charge in [-0.05, 0) is 38.1 Å². The average molecular weight is 295 g/mol. The average Bonchev–Trinajstić information content (AvgIpc) is 2.51. The molecule has 20 heavy (non-hydrogen) atoms. The number of hydrogen-bond acceptors (Lipinski definition) is 3. The maximum absolute atomic E-state index is 6.48. The van der Waals surface area contributed by atoms with Crippen LogP contribution in [0.25, 0.3) is 0 Å². The molecule has 4 heteroatoms. The molecular formula is C16H23ClN2O. The first-order valence-electron chi connectivity index (χ1n) is 7.67. The van der Waals surface area contributed by atoms with Crippen molar-refractivity contribution in [2.24, 2.45) is 0 Å². The Morgan fingerprint density at radius 1 is 1.00 bits per heavy atom. The molecule has 1 aromatic rings. The molecule has 1 aromatic carbocycles. The minimum atomic E-state index is 0.815. The second kappa shape index (κ2) is 6.79. The molecular weight excluding hydrogens is 272 g/mol. The number of halogens is 1. The van der Waals surface area contributed by atoms with Crippen LogP contribution in [0, 0.1) is 0 Å². The van der Waals surface area contributed by atoms with Crippen LogP contribution in [0.4, 0.5) is 5.69 Å². The molecule has 0 N–H and O–H groups in total. The molecule has 3 nitrogen and oxygen atoms in total. The first-order valence-corrected chi connectivity index (χ1v) is 8.05. The highest BCUT2D eigenvalue weighted by molar-refractivity contribution is 6.31. The zero-order valence-electron chi connectivity index (χ0n) is 12.0. The van der Waals surface area contributed by atoms with Crippen molar-refractivity contribution < 1.29 is 4.74 Å². The topological polar surface area (TPSA) is 15.7 Å². The molecule has 0 aromatic heterocycles. The van der Waals surface area contributed by atoms with Crippen LogP contribution in [0.3, 0.4) is 0 Å². The summed E-state index contributed by atoms with van der Waals surface area (Å²) in [5.74, 6) is 0. The van der Waals surface area contributed by atoms with Gasteiger partial charge in [-0.2, -0.15) is 0 Å². The van der Waals surface area contributed by atoms with E-state index in [0.717, 1.165) is 37.9 Å². The van der Waals surface area contributed by atoms with E-state index in [1.165, 1.54) is 43.6 Å². The highest BCUT2D eigenvalue weighted by Gasteiger charge is 2.19. The van der Waals surface area contributed by atoms with Crippen LogP contribution in [0.2, 0.25) is 5.02 Å². The number of hydrogen-bond donors (Lipinski definition) is 0. The van der Waals surface area contributed by atoms with E-state index in [-0.39, 0.29) is 0 Å². The molecule has 0 amide bonds. The van der Waals surface area contributed by atoms with Crippen LogP contribution >= 0.6 is 11.6 Å². The third-order valence-electron chi connectivity index (χ3n) is 4.28. The zero-order chi connectivity index (χ0) is 13.8. The normalized spacial score (nSPS) is 21.1. The lowest BCUT2D eigenvalue weighted by molar-refractivity contribution is 0.122. The van der Waals surface area contributed by atoms with Gasteiger partial charge in [0.2, 0.25) is 0 Å². The fourth-order valence-electron chi connectivity index (χ4n) is 3.15. The summed E-state index contributed by atoms with van der Waals surface area (Å²) in [7, 11) is 0. The summed E-state index contributed by atoms with van der Waals surface area (Å²) in [5, 5.41) is 0.902. The highest BCUT2D eigenvalue weighted by Crippen LogP contribution is 2.30. The third kappa shape index (κ3) is 3.27. The van der Waals surface area contributed by atoms with Crippen LogP contribution in [0.1, 0.15) is 24.8 Å². The van der Waals surface area contributed by atoms with E-state index >= 15 is 0 Å². The summed E-state index contributed by atoms with van der Waals surface area (Å²) < 4.78 is 5.46. The predicted octanol–water partition coefficient (Wildman–Crippen LogP) is 3.16. The fourth-order valence-corrected chi connectivity index (χ4v) is 3.37. The van der Waals surface area contributed by atoms with E-state index in [1.807, 2.05) is 6.07 Å². The standard InChI is InChI=1S/C16H23ClN2O/c17-15-5-4-6-16(19-9-11-20-12-10-19)14(15)13-18-7-2-1-3-8-18/h4-6H,1-3,7-13H2. The number of benzene rings is 1. The van der Waals surface area contributed by atoms with Gasteiger partial charge in [0.1, 0.15) is 0 Å². The number of rotatable bonds is 3. The largest absolute Gasteiger partial charge is 0.378 e. The van der Waals surface area contributed by atoms with E-state index in [1.54, 1.807) is 0 Å². The lowest BCUT2D eigenvalue weighted by Crippen LogP contribution is -2.37. The van der Waals surface area contributed by atoms with Gasteiger partial charge in [0, 0.05) is 35.9 Å². The van der Waals surface area contributed by atoms with Crippen LogP contribution in [-0.4, -0.2) is 44.3 Å². The molecule has 2 aliphatic rings. The third-order valence-corrected chi connectivity index (χ3v) is 4.63. The molecule has 2 heterocycles. The lowest BCUT2D eigenvalue weighted by atomic mass is 10.1. The summed E-state index contributed by atoms with van der Waals surface area (Å²) in [6.45, 7) is 6.94. The van der Waals surface area contributed by atoms with Crippen molar-refractivity contribution in [1.82, 2.24) is 4.90 Å². The first-order chi connectivity index (χ1) is 9.84. The van der Waals surface area contributed by atoms with Gasteiger partial charge < -0.3 is 9.64 Å². The van der Waals surface area contributed by atoms with Crippen molar-refractivity contribution >= 4 is 17.3 Å². The van der Waals surface area contributed by atoms with Crippen LogP contribution in [0.15, 0.2) is 18.2 Å². The van der Waals surface area contributed by atoms with Crippen molar-refractivity contribution in [3.63, 3.8) is 0 Å². The number of likely N-dealkylation sites (tertiary alicyclic amines) is 1. The van der Waals surface area contributed by atoms with Gasteiger partial charge in [-0.3, -0.25) is 4.90 Å². The SMILES string of the molecule is Clc1cccc(N2CCOCC2)c1CN1CCCCC1. The Morgan fingerprint density at radius 3 is 2.50 bits per heavy atom. The Bertz CT molecular complexity index is 440. The van der Waals surface area contributed by atoms with Gasteiger partial charge in [0.15, 0.2) is 0 Å². The van der Waals surface area contributed by atoms with Crippen LogP contribution in [0.5, 0.6) is 0 Å². The van der Waals surface area contributed by atoms with Crippen molar-refractivity contribution in [3.8, 4) is 0 Å². The van der Waals surface area contributed by atoms with Crippen molar-refractivity contribution in [2.75, 3.05) is 44.3 Å². The fraction of sp³-hybridized carbons (Fsp3) is 0.625. The monoisotopic (exact) mass is 294 g/mol. The number of ether oxygens (including phenoxy) is 1. The molecule has 0 bridgehead atoms. The van der Waals surface area contributed by atoms with Gasteiger partial charge in [-0.1, -0.05) is 24.1 Å². The van der Waals surface area contributed by atoms with Crippen LogP contribution in [-0.2, 0) is 11.3 Å². The van der Waals surface area contributed by atoms with Gasteiger partial charge >= 0.3 is 0 Å². The van der Waals surface area contributed by atoms with Crippen molar-refractivity contribution in [3.05, 3.63) is 28.8 Å². The van der Waals surface area contributed by atoms with Gasteiger partial charge in [0.25, 0.3) is 0 Å². The molecule has 3 rings (SSSR count). The van der Waals surface area contributed by atoms with E-state index in [9.17, 15) is 0 Å². The van der Waals surface area contributed by atoms with E-state index in [0.29, 0.717) is 0 Å². The van der Waals surface area contributed by atoms with E-state index in [4.69, 9.17) is 16.3 Å². The number of piperidine rings is 1. The van der Waals surface area contributed by atoms with Gasteiger partial charge in [0.05, 0.1) is 13.2 Å². The molecule has 110 valence electrons. The zero-order valence-corrected chi connectivity index (χ0v) is 12.7. The summed E-state index contributed by atoms with van der Waals surface area (Å²) in [5.41, 5.74) is 2.59. The molecule has 0 spiro atoms. The molecule has 2 aliphatic heterocycles. The molecule has 0 radical (unpaired) electrons. The molecule has 2 saturated heterocycles. The van der Waals surface area contributed by atoms with Gasteiger partial charge in [-0.25, -0.2) is 0 Å². The summed E-state index contributed by atoms with van der Waals surface area (Å²) >= 11 is 6.48. The van der Waals surface area contributed by atoms with Crippen molar-refractivity contribution in [1.29, 1.82) is 0 Å². The van der Waals surface area contributed by atoms with Crippen LogP contribution < -0.4 is 4.90 Å². The molecule has 0 atom stereocenters. The predicted molar refractivity (Wildman–Crippen MR) is 83.6 cm³/mol. The Labute approximate surface area is 126 Å². The van der Waals surface area contributed by atoms with Crippen molar-refractivity contribution in [2.45, 2.75) is 25.8 Å². The maximum Gasteiger partial charge on any atom is 0.0642 e. The second-order valence-corrected chi connectivity index (χ2v) is 6.08. The number of nitrogens with zero attached hydrogens (tertiary/aromatic N) is 2. The Morgan fingerprint density at radius 2 is 1.75 bits per heavy atom. The molecule has 2 fully saturated rings. The summed E-state index contributed by atoms with van der Waals surface area (Å²) in [4.78, 5) is 4.95. The van der Waals surface area contributed by atoms with Gasteiger partial charge in [-0.15, -0.1) is 0 Å². The Kier molecular flexibility index (Phi) is 4.81. The first kappa shape index (κ1) is 14.2. The Hall–Kier alpha value is -0.770. The second-order valence-electron chi connectivity index (χ2n) is 5.67. The number of morpholine rings is 1. The maximum atomic E-state index is 6.48. The Balaban J connectivity index is 1.80.